The lowest BCUT2D eigenvalue weighted by atomic mass is 10.3. The molecule has 1 aromatic carbocycles. The van der Waals surface area contributed by atoms with Gasteiger partial charge in [0, 0.05) is 6.07 Å². The van der Waals surface area contributed by atoms with Crippen LogP contribution in [0.1, 0.15) is 13.8 Å². The molecular formula is C10H12ClNO3. The van der Waals surface area contributed by atoms with Crippen molar-refractivity contribution in [2.75, 3.05) is 5.32 Å². The van der Waals surface area contributed by atoms with E-state index in [4.69, 9.17) is 21.4 Å². The van der Waals surface area contributed by atoms with E-state index in [1.54, 1.807) is 13.8 Å². The first kappa shape index (κ1) is 11.7. The molecule has 0 saturated heterocycles. The standard InChI is InChI=1S/C10H12ClNO3/c1-6(2)15-10(14)12-9-4-3-7(13)5-8(9)11/h3-6,13H,1-2H3,(H,12,14). The third kappa shape index (κ3) is 3.67. The van der Waals surface area contributed by atoms with Crippen molar-refractivity contribution in [3.8, 4) is 5.75 Å². The zero-order valence-corrected chi connectivity index (χ0v) is 9.21. The van der Waals surface area contributed by atoms with Gasteiger partial charge in [-0.25, -0.2) is 4.79 Å². The molecule has 0 bridgehead atoms. The largest absolute Gasteiger partial charge is 0.508 e. The average molecular weight is 230 g/mol. The minimum Gasteiger partial charge on any atom is -0.508 e. The van der Waals surface area contributed by atoms with Crippen molar-refractivity contribution in [3.05, 3.63) is 23.2 Å². The van der Waals surface area contributed by atoms with E-state index in [1.807, 2.05) is 0 Å². The van der Waals surface area contributed by atoms with Gasteiger partial charge < -0.3 is 9.84 Å². The fourth-order valence-corrected chi connectivity index (χ4v) is 1.18. The van der Waals surface area contributed by atoms with Crippen molar-refractivity contribution in [3.63, 3.8) is 0 Å². The zero-order chi connectivity index (χ0) is 11.4. The lowest BCUT2D eigenvalue weighted by Gasteiger charge is -2.10. The lowest BCUT2D eigenvalue weighted by Crippen LogP contribution is -2.18. The van der Waals surface area contributed by atoms with Gasteiger partial charge in [0.05, 0.1) is 16.8 Å². The molecule has 4 nitrogen and oxygen atoms in total. The number of amides is 1. The molecule has 5 heteroatoms. The van der Waals surface area contributed by atoms with E-state index in [1.165, 1.54) is 18.2 Å². The summed E-state index contributed by atoms with van der Waals surface area (Å²) in [4.78, 5) is 11.2. The third-order valence-corrected chi connectivity index (χ3v) is 1.84. The first-order valence-electron chi connectivity index (χ1n) is 4.45. The van der Waals surface area contributed by atoms with Crippen molar-refractivity contribution in [1.29, 1.82) is 0 Å². The summed E-state index contributed by atoms with van der Waals surface area (Å²) < 4.78 is 4.87. The molecule has 0 aromatic heterocycles. The maximum absolute atomic E-state index is 11.2. The molecule has 0 aliphatic heterocycles. The summed E-state index contributed by atoms with van der Waals surface area (Å²) in [6.07, 6.45) is -0.765. The highest BCUT2D eigenvalue weighted by Crippen LogP contribution is 2.25. The SMILES string of the molecule is CC(C)OC(=O)Nc1ccc(O)cc1Cl. The molecule has 0 unspecified atom stereocenters. The van der Waals surface area contributed by atoms with Crippen LogP contribution in [0.4, 0.5) is 10.5 Å². The Kier molecular flexibility index (Phi) is 3.80. The number of nitrogens with one attached hydrogen (secondary N) is 1. The molecule has 1 aromatic rings. The van der Waals surface area contributed by atoms with Gasteiger partial charge in [0.1, 0.15) is 5.75 Å². The molecule has 1 rings (SSSR count). The van der Waals surface area contributed by atoms with Crippen LogP contribution in [0.25, 0.3) is 0 Å². The Bertz CT molecular complexity index is 366. The molecule has 0 aliphatic carbocycles. The van der Waals surface area contributed by atoms with Crippen LogP contribution in [-0.2, 0) is 4.74 Å². The van der Waals surface area contributed by atoms with Gasteiger partial charge in [-0.1, -0.05) is 11.6 Å². The van der Waals surface area contributed by atoms with Crippen molar-refractivity contribution in [1.82, 2.24) is 0 Å². The van der Waals surface area contributed by atoms with Gasteiger partial charge in [0.25, 0.3) is 0 Å². The molecule has 0 fully saturated rings. The Hall–Kier alpha value is -1.42. The average Bonchev–Trinajstić information content (AvgIpc) is 2.08. The number of halogens is 1. The molecule has 0 atom stereocenters. The van der Waals surface area contributed by atoms with E-state index in [2.05, 4.69) is 5.32 Å². The monoisotopic (exact) mass is 229 g/mol. The second-order valence-electron chi connectivity index (χ2n) is 3.24. The molecule has 0 radical (unpaired) electrons. The van der Waals surface area contributed by atoms with Gasteiger partial charge in [-0.15, -0.1) is 0 Å². The minimum absolute atomic E-state index is 0.0442. The van der Waals surface area contributed by atoms with Crippen LogP contribution < -0.4 is 5.32 Å². The molecule has 2 N–H and O–H groups in total. The van der Waals surface area contributed by atoms with Gasteiger partial charge >= 0.3 is 6.09 Å². The van der Waals surface area contributed by atoms with Gasteiger partial charge in [-0.2, -0.15) is 0 Å². The van der Waals surface area contributed by atoms with Gasteiger partial charge in [-0.3, -0.25) is 5.32 Å². The lowest BCUT2D eigenvalue weighted by molar-refractivity contribution is 0.130. The van der Waals surface area contributed by atoms with Crippen LogP contribution >= 0.6 is 11.6 Å². The molecule has 82 valence electrons. The smallest absolute Gasteiger partial charge is 0.411 e. The topological polar surface area (TPSA) is 58.6 Å². The number of hydrogen-bond acceptors (Lipinski definition) is 3. The van der Waals surface area contributed by atoms with E-state index in [0.717, 1.165) is 0 Å². The fraction of sp³-hybridized carbons (Fsp3) is 0.300. The molecule has 15 heavy (non-hydrogen) atoms. The molecular weight excluding hydrogens is 218 g/mol. The van der Waals surface area contributed by atoms with E-state index in [9.17, 15) is 4.79 Å². The predicted octanol–water partition coefficient (Wildman–Crippen LogP) is 3.00. The number of carbonyl (C=O) groups excluding carboxylic acids is 1. The normalized spacial score (nSPS) is 10.1. The fourth-order valence-electron chi connectivity index (χ4n) is 0.959. The molecule has 1 amide bonds. The highest BCUT2D eigenvalue weighted by atomic mass is 35.5. The zero-order valence-electron chi connectivity index (χ0n) is 8.45. The minimum atomic E-state index is -0.572. The van der Waals surface area contributed by atoms with Gasteiger partial charge in [0.2, 0.25) is 0 Å². The van der Waals surface area contributed by atoms with Crippen LogP contribution in [-0.4, -0.2) is 17.3 Å². The Labute approximate surface area is 92.8 Å². The van der Waals surface area contributed by atoms with E-state index in [0.29, 0.717) is 5.69 Å². The number of phenolic OH excluding ortho intramolecular Hbond substituents is 1. The van der Waals surface area contributed by atoms with E-state index in [-0.39, 0.29) is 16.9 Å². The number of anilines is 1. The van der Waals surface area contributed by atoms with E-state index < -0.39 is 6.09 Å². The van der Waals surface area contributed by atoms with Crippen molar-refractivity contribution in [2.24, 2.45) is 0 Å². The highest BCUT2D eigenvalue weighted by molar-refractivity contribution is 6.33. The first-order valence-corrected chi connectivity index (χ1v) is 4.83. The summed E-state index contributed by atoms with van der Waals surface area (Å²) in [5, 5.41) is 11.8. The Morgan fingerprint density at radius 1 is 1.53 bits per heavy atom. The number of benzene rings is 1. The third-order valence-electron chi connectivity index (χ3n) is 1.53. The Morgan fingerprint density at radius 3 is 2.73 bits per heavy atom. The quantitative estimate of drug-likeness (QED) is 0.767. The summed E-state index contributed by atoms with van der Waals surface area (Å²) in [6, 6.07) is 4.27. The maximum atomic E-state index is 11.2. The van der Waals surface area contributed by atoms with Crippen LogP contribution in [0.15, 0.2) is 18.2 Å². The Morgan fingerprint density at radius 2 is 2.20 bits per heavy atom. The summed E-state index contributed by atoms with van der Waals surface area (Å²) in [6.45, 7) is 3.50. The van der Waals surface area contributed by atoms with Crippen molar-refractivity contribution in [2.45, 2.75) is 20.0 Å². The predicted molar refractivity (Wildman–Crippen MR) is 58.4 cm³/mol. The number of hydrogen-bond donors (Lipinski definition) is 2. The number of phenols is 1. The highest BCUT2D eigenvalue weighted by Gasteiger charge is 2.08. The second-order valence-corrected chi connectivity index (χ2v) is 3.65. The van der Waals surface area contributed by atoms with Gasteiger partial charge in [0.15, 0.2) is 0 Å². The van der Waals surface area contributed by atoms with Crippen molar-refractivity contribution < 1.29 is 14.6 Å². The summed E-state index contributed by atoms with van der Waals surface area (Å²) >= 11 is 5.78. The van der Waals surface area contributed by atoms with Crippen LogP contribution in [0.3, 0.4) is 0 Å². The van der Waals surface area contributed by atoms with Crippen LogP contribution in [0.5, 0.6) is 5.75 Å². The Balaban J connectivity index is 2.68. The molecule has 0 spiro atoms. The second kappa shape index (κ2) is 4.89. The summed E-state index contributed by atoms with van der Waals surface area (Å²) in [5.41, 5.74) is 0.403. The number of carbonyl (C=O) groups is 1. The first-order chi connectivity index (χ1) is 6.99. The number of aromatic hydroxyl groups is 1. The van der Waals surface area contributed by atoms with Gasteiger partial charge in [-0.05, 0) is 26.0 Å². The molecule has 0 aliphatic rings. The van der Waals surface area contributed by atoms with Crippen LogP contribution in [0.2, 0.25) is 5.02 Å². The van der Waals surface area contributed by atoms with Crippen LogP contribution in [0, 0.1) is 0 Å². The van der Waals surface area contributed by atoms with E-state index >= 15 is 0 Å². The van der Waals surface area contributed by atoms with Crippen molar-refractivity contribution >= 4 is 23.4 Å². The summed E-state index contributed by atoms with van der Waals surface area (Å²) in [7, 11) is 0. The number of rotatable bonds is 2. The summed E-state index contributed by atoms with van der Waals surface area (Å²) in [5.74, 6) is 0.0442. The number of ether oxygens (including phenoxy) is 1. The molecule has 0 heterocycles. The maximum Gasteiger partial charge on any atom is 0.411 e. The molecule has 0 saturated carbocycles.